The molecule has 7 nitrogen and oxygen atoms in total. The number of benzene rings is 1. The Labute approximate surface area is 160 Å². The number of hydrogen-bond acceptors (Lipinski definition) is 5. The lowest BCUT2D eigenvalue weighted by atomic mass is 10.1. The summed E-state index contributed by atoms with van der Waals surface area (Å²) in [5, 5.41) is 0. The van der Waals surface area contributed by atoms with Gasteiger partial charge in [-0.05, 0) is 26.8 Å². The molecule has 0 unspecified atom stereocenters. The lowest BCUT2D eigenvalue weighted by Gasteiger charge is -2.35. The fourth-order valence-electron chi connectivity index (χ4n) is 3.66. The van der Waals surface area contributed by atoms with E-state index in [0.717, 1.165) is 11.3 Å². The lowest BCUT2D eigenvalue weighted by Crippen LogP contribution is -2.53. The van der Waals surface area contributed by atoms with Crippen LogP contribution in [0.4, 0.5) is 4.79 Å². The van der Waals surface area contributed by atoms with Gasteiger partial charge in [0.2, 0.25) is 5.91 Å². The molecular formula is C20H29N3O4. The Morgan fingerprint density at radius 3 is 2.48 bits per heavy atom. The minimum atomic E-state index is -0.366. The molecule has 0 saturated carbocycles. The van der Waals surface area contributed by atoms with Crippen molar-refractivity contribution < 1.29 is 19.1 Å². The summed E-state index contributed by atoms with van der Waals surface area (Å²) >= 11 is 0. The highest BCUT2D eigenvalue weighted by Crippen LogP contribution is 2.29. The number of piperazine rings is 1. The molecule has 2 aliphatic heterocycles. The van der Waals surface area contributed by atoms with E-state index in [0.29, 0.717) is 52.4 Å². The first-order chi connectivity index (χ1) is 12.9. The molecule has 1 aromatic rings. The average Bonchev–Trinajstić information content (AvgIpc) is 2.75. The molecule has 0 N–H and O–H groups in total. The Morgan fingerprint density at radius 1 is 1.11 bits per heavy atom. The van der Waals surface area contributed by atoms with E-state index in [2.05, 4.69) is 4.90 Å². The number of para-hydroxylation sites is 1. The van der Waals surface area contributed by atoms with Crippen molar-refractivity contribution >= 4 is 12.0 Å². The number of fused-ring (bicyclic) bond motifs is 1. The molecule has 1 aromatic carbocycles. The zero-order valence-corrected chi connectivity index (χ0v) is 16.4. The molecule has 0 bridgehead atoms. The van der Waals surface area contributed by atoms with Crippen LogP contribution in [0.2, 0.25) is 0 Å². The molecule has 1 saturated heterocycles. The third-order valence-corrected chi connectivity index (χ3v) is 4.87. The number of amides is 2. The molecule has 0 aliphatic carbocycles. The standard InChI is InChI=1S/C20H29N3O4/c1-4-26-19(25)23-11-9-22(10-12-23)18(24)14-21-13-16-7-5-6-8-17(16)27-20(2,3)15-21/h5-8H,4,9-15H2,1-3H3. The molecule has 3 rings (SSSR count). The van der Waals surface area contributed by atoms with Crippen LogP contribution in [0.5, 0.6) is 5.75 Å². The first-order valence-corrected chi connectivity index (χ1v) is 9.57. The number of hydrogen-bond donors (Lipinski definition) is 0. The minimum Gasteiger partial charge on any atom is -0.486 e. The lowest BCUT2D eigenvalue weighted by molar-refractivity contribution is -0.134. The molecule has 0 radical (unpaired) electrons. The van der Waals surface area contributed by atoms with Crippen LogP contribution in [-0.4, -0.2) is 78.2 Å². The smallest absolute Gasteiger partial charge is 0.409 e. The van der Waals surface area contributed by atoms with Gasteiger partial charge in [0, 0.05) is 44.8 Å². The summed E-state index contributed by atoms with van der Waals surface area (Å²) in [4.78, 5) is 30.2. The van der Waals surface area contributed by atoms with Gasteiger partial charge in [-0.15, -0.1) is 0 Å². The van der Waals surface area contributed by atoms with E-state index in [1.807, 2.05) is 43.0 Å². The van der Waals surface area contributed by atoms with Gasteiger partial charge in [0.15, 0.2) is 0 Å². The summed E-state index contributed by atoms with van der Waals surface area (Å²) in [6, 6.07) is 8.00. The molecule has 2 heterocycles. The molecule has 2 aliphatic rings. The summed E-state index contributed by atoms with van der Waals surface area (Å²) < 4.78 is 11.2. The second kappa shape index (κ2) is 8.17. The molecule has 7 heteroatoms. The van der Waals surface area contributed by atoms with E-state index in [1.54, 1.807) is 11.8 Å². The molecule has 0 spiro atoms. The van der Waals surface area contributed by atoms with Crippen molar-refractivity contribution in [2.24, 2.45) is 0 Å². The van der Waals surface area contributed by atoms with Crippen molar-refractivity contribution in [2.75, 3.05) is 45.9 Å². The van der Waals surface area contributed by atoms with Crippen molar-refractivity contribution in [1.29, 1.82) is 0 Å². The Morgan fingerprint density at radius 2 is 1.78 bits per heavy atom. The fraction of sp³-hybridized carbons (Fsp3) is 0.600. The molecule has 27 heavy (non-hydrogen) atoms. The summed E-state index contributed by atoms with van der Waals surface area (Å²) in [5.41, 5.74) is 0.734. The van der Waals surface area contributed by atoms with Crippen molar-refractivity contribution in [2.45, 2.75) is 32.9 Å². The van der Waals surface area contributed by atoms with E-state index < -0.39 is 0 Å². The van der Waals surface area contributed by atoms with Gasteiger partial charge >= 0.3 is 6.09 Å². The van der Waals surface area contributed by atoms with Gasteiger partial charge in [-0.1, -0.05) is 18.2 Å². The number of carbonyl (C=O) groups is 2. The highest BCUT2D eigenvalue weighted by Gasteiger charge is 2.31. The number of carbonyl (C=O) groups excluding carboxylic acids is 2. The normalized spacial score (nSPS) is 19.7. The zero-order valence-electron chi connectivity index (χ0n) is 16.4. The van der Waals surface area contributed by atoms with E-state index in [9.17, 15) is 9.59 Å². The number of nitrogens with zero attached hydrogens (tertiary/aromatic N) is 3. The quantitative estimate of drug-likeness (QED) is 0.808. The first-order valence-electron chi connectivity index (χ1n) is 9.57. The Balaban J connectivity index is 1.59. The van der Waals surface area contributed by atoms with Gasteiger partial charge in [0.25, 0.3) is 0 Å². The Hall–Kier alpha value is -2.28. The van der Waals surface area contributed by atoms with Crippen LogP contribution in [0.3, 0.4) is 0 Å². The second-order valence-corrected chi connectivity index (χ2v) is 7.68. The number of ether oxygens (including phenoxy) is 2. The SMILES string of the molecule is CCOC(=O)N1CCN(C(=O)CN2Cc3ccccc3OC(C)(C)C2)CC1. The molecule has 0 atom stereocenters. The number of rotatable bonds is 3. The predicted octanol–water partition coefficient (Wildman–Crippen LogP) is 1.96. The van der Waals surface area contributed by atoms with Crippen LogP contribution in [-0.2, 0) is 16.1 Å². The van der Waals surface area contributed by atoms with Gasteiger partial charge in [0.1, 0.15) is 11.4 Å². The molecule has 2 amide bonds. The molecule has 1 fully saturated rings. The zero-order chi connectivity index (χ0) is 19.4. The Kier molecular flexibility index (Phi) is 5.89. The van der Waals surface area contributed by atoms with Crippen LogP contribution >= 0.6 is 0 Å². The van der Waals surface area contributed by atoms with E-state index in [-0.39, 0.29) is 17.6 Å². The third-order valence-electron chi connectivity index (χ3n) is 4.87. The van der Waals surface area contributed by atoms with Gasteiger partial charge in [-0.3, -0.25) is 9.69 Å². The van der Waals surface area contributed by atoms with Crippen molar-refractivity contribution in [3.05, 3.63) is 29.8 Å². The van der Waals surface area contributed by atoms with E-state index in [4.69, 9.17) is 9.47 Å². The first kappa shape index (κ1) is 19.5. The van der Waals surface area contributed by atoms with Gasteiger partial charge in [-0.25, -0.2) is 4.79 Å². The maximum atomic E-state index is 12.8. The minimum absolute atomic E-state index is 0.0914. The maximum absolute atomic E-state index is 12.8. The van der Waals surface area contributed by atoms with Gasteiger partial charge in [-0.2, -0.15) is 0 Å². The van der Waals surface area contributed by atoms with Crippen LogP contribution in [0, 0.1) is 0 Å². The summed E-state index contributed by atoms with van der Waals surface area (Å²) in [5.74, 6) is 0.981. The summed E-state index contributed by atoms with van der Waals surface area (Å²) in [7, 11) is 0. The monoisotopic (exact) mass is 375 g/mol. The maximum Gasteiger partial charge on any atom is 0.409 e. The van der Waals surface area contributed by atoms with E-state index >= 15 is 0 Å². The predicted molar refractivity (Wildman–Crippen MR) is 102 cm³/mol. The fourth-order valence-corrected chi connectivity index (χ4v) is 3.66. The second-order valence-electron chi connectivity index (χ2n) is 7.68. The van der Waals surface area contributed by atoms with Crippen LogP contribution < -0.4 is 4.74 Å². The largest absolute Gasteiger partial charge is 0.486 e. The van der Waals surface area contributed by atoms with E-state index in [1.165, 1.54) is 0 Å². The summed E-state index contributed by atoms with van der Waals surface area (Å²) in [6.07, 6.45) is -0.298. The van der Waals surface area contributed by atoms with Gasteiger partial charge < -0.3 is 19.3 Å². The van der Waals surface area contributed by atoms with Crippen molar-refractivity contribution in [3.63, 3.8) is 0 Å². The highest BCUT2D eigenvalue weighted by atomic mass is 16.6. The van der Waals surface area contributed by atoms with Gasteiger partial charge in [0.05, 0.1) is 13.2 Å². The average molecular weight is 375 g/mol. The molecule has 148 valence electrons. The highest BCUT2D eigenvalue weighted by molar-refractivity contribution is 5.78. The summed E-state index contributed by atoms with van der Waals surface area (Å²) in [6.45, 7) is 10.1. The molecule has 0 aromatic heterocycles. The van der Waals surface area contributed by atoms with Crippen molar-refractivity contribution in [1.82, 2.24) is 14.7 Å². The molecular weight excluding hydrogens is 346 g/mol. The topological polar surface area (TPSA) is 62.3 Å². The third kappa shape index (κ3) is 4.91. The van der Waals surface area contributed by atoms with Crippen LogP contribution in [0.15, 0.2) is 24.3 Å². The Bertz CT molecular complexity index is 684. The van der Waals surface area contributed by atoms with Crippen LogP contribution in [0.25, 0.3) is 0 Å². The van der Waals surface area contributed by atoms with Crippen LogP contribution in [0.1, 0.15) is 26.3 Å². The van der Waals surface area contributed by atoms with Crippen molar-refractivity contribution in [3.8, 4) is 5.75 Å².